The maximum Gasteiger partial charge on any atom is 0.416 e. The fourth-order valence-corrected chi connectivity index (χ4v) is 3.87. The van der Waals surface area contributed by atoms with Crippen LogP contribution in [0.2, 0.25) is 0 Å². The Balaban J connectivity index is 1.46. The number of rotatable bonds is 4. The summed E-state index contributed by atoms with van der Waals surface area (Å²) in [6.45, 7) is 4.09. The van der Waals surface area contributed by atoms with Crippen molar-refractivity contribution in [1.82, 2.24) is 4.90 Å². The molecular formula is C22H24F3N3O2. The highest BCUT2D eigenvalue weighted by molar-refractivity contribution is 5.99. The van der Waals surface area contributed by atoms with Crippen molar-refractivity contribution >= 4 is 17.3 Å². The van der Waals surface area contributed by atoms with Crippen molar-refractivity contribution < 1.29 is 22.7 Å². The normalized spacial score (nSPS) is 20.7. The van der Waals surface area contributed by atoms with E-state index in [4.69, 9.17) is 4.74 Å². The molecular weight excluding hydrogens is 395 g/mol. The molecule has 5 nitrogen and oxygen atoms in total. The summed E-state index contributed by atoms with van der Waals surface area (Å²) >= 11 is 0. The van der Waals surface area contributed by atoms with E-state index in [0.29, 0.717) is 24.4 Å². The van der Waals surface area contributed by atoms with Crippen molar-refractivity contribution in [2.75, 3.05) is 49.6 Å². The number of ether oxygens (including phenoxy) is 1. The number of likely N-dealkylation sites (N-methyl/N-ethyl adjacent to an activating group) is 1. The lowest BCUT2D eigenvalue weighted by molar-refractivity contribution is -0.137. The molecule has 2 saturated heterocycles. The average molecular weight is 419 g/mol. The number of carbonyl (C=O) groups is 1. The first-order valence-electron chi connectivity index (χ1n) is 10.0. The van der Waals surface area contributed by atoms with Gasteiger partial charge in [0.2, 0.25) is 0 Å². The first-order chi connectivity index (χ1) is 14.3. The second-order valence-electron chi connectivity index (χ2n) is 7.69. The van der Waals surface area contributed by atoms with Crippen LogP contribution in [-0.4, -0.2) is 56.7 Å². The largest absolute Gasteiger partial charge is 0.478 e. The SMILES string of the molecule is CN1CCN(c2ccccc2OC2CCN(c3ccc(C(F)(F)F)cc3)C2=O)CC1. The van der Waals surface area contributed by atoms with Crippen LogP contribution in [-0.2, 0) is 11.0 Å². The third kappa shape index (κ3) is 4.23. The Kier molecular flexibility index (Phi) is 5.60. The molecule has 8 heteroatoms. The van der Waals surface area contributed by atoms with Gasteiger partial charge in [0.15, 0.2) is 6.10 Å². The third-order valence-electron chi connectivity index (χ3n) is 5.64. The molecule has 0 aromatic heterocycles. The smallest absolute Gasteiger partial charge is 0.416 e. The minimum atomic E-state index is -4.40. The molecule has 2 aromatic rings. The number of para-hydroxylation sites is 2. The Morgan fingerprint density at radius 3 is 2.27 bits per heavy atom. The summed E-state index contributed by atoms with van der Waals surface area (Å²) in [5.74, 6) is 0.428. The lowest BCUT2D eigenvalue weighted by atomic mass is 10.2. The van der Waals surface area contributed by atoms with E-state index in [-0.39, 0.29) is 5.91 Å². The van der Waals surface area contributed by atoms with E-state index in [9.17, 15) is 18.0 Å². The molecule has 0 spiro atoms. The molecule has 4 rings (SSSR count). The summed E-state index contributed by atoms with van der Waals surface area (Å²) in [6.07, 6.45) is -4.57. The molecule has 2 aliphatic rings. The molecule has 1 atom stereocenters. The van der Waals surface area contributed by atoms with E-state index in [2.05, 4.69) is 16.8 Å². The van der Waals surface area contributed by atoms with Gasteiger partial charge in [-0.2, -0.15) is 13.2 Å². The number of benzene rings is 2. The summed E-state index contributed by atoms with van der Waals surface area (Å²) in [7, 11) is 2.09. The Morgan fingerprint density at radius 1 is 0.933 bits per heavy atom. The van der Waals surface area contributed by atoms with Crippen LogP contribution in [0.1, 0.15) is 12.0 Å². The molecule has 2 aliphatic heterocycles. The van der Waals surface area contributed by atoms with Crippen LogP contribution in [0, 0.1) is 0 Å². The van der Waals surface area contributed by atoms with Gasteiger partial charge in [0.1, 0.15) is 5.75 Å². The van der Waals surface area contributed by atoms with E-state index >= 15 is 0 Å². The number of halogens is 3. The summed E-state index contributed by atoms with van der Waals surface area (Å²) in [6, 6.07) is 12.4. The van der Waals surface area contributed by atoms with E-state index in [1.165, 1.54) is 17.0 Å². The zero-order valence-electron chi connectivity index (χ0n) is 16.7. The maximum absolute atomic E-state index is 12.9. The number of carbonyl (C=O) groups excluding carboxylic acids is 1. The van der Waals surface area contributed by atoms with Crippen LogP contribution in [0.5, 0.6) is 5.75 Å². The van der Waals surface area contributed by atoms with Gasteiger partial charge in [-0.3, -0.25) is 4.79 Å². The number of hydrogen-bond acceptors (Lipinski definition) is 4. The average Bonchev–Trinajstić information content (AvgIpc) is 3.09. The van der Waals surface area contributed by atoms with Gasteiger partial charge in [-0.05, 0) is 43.4 Å². The zero-order chi connectivity index (χ0) is 21.3. The molecule has 0 saturated carbocycles. The molecule has 30 heavy (non-hydrogen) atoms. The van der Waals surface area contributed by atoms with Gasteiger partial charge in [-0.25, -0.2) is 0 Å². The molecule has 0 aliphatic carbocycles. The van der Waals surface area contributed by atoms with Crippen LogP contribution in [0.3, 0.4) is 0 Å². The second-order valence-corrected chi connectivity index (χ2v) is 7.69. The van der Waals surface area contributed by atoms with Gasteiger partial charge >= 0.3 is 6.18 Å². The summed E-state index contributed by atoms with van der Waals surface area (Å²) in [4.78, 5) is 18.9. The van der Waals surface area contributed by atoms with Gasteiger partial charge in [-0.1, -0.05) is 12.1 Å². The number of hydrogen-bond donors (Lipinski definition) is 0. The van der Waals surface area contributed by atoms with Gasteiger partial charge < -0.3 is 19.4 Å². The van der Waals surface area contributed by atoms with Gasteiger partial charge in [0.05, 0.1) is 11.3 Å². The van der Waals surface area contributed by atoms with Crippen LogP contribution in [0.4, 0.5) is 24.5 Å². The fraction of sp³-hybridized carbons (Fsp3) is 0.409. The minimum absolute atomic E-state index is 0.233. The highest BCUT2D eigenvalue weighted by Gasteiger charge is 2.36. The highest BCUT2D eigenvalue weighted by Crippen LogP contribution is 2.34. The van der Waals surface area contributed by atoms with Crippen molar-refractivity contribution in [1.29, 1.82) is 0 Å². The predicted octanol–water partition coefficient (Wildman–Crippen LogP) is 3.64. The van der Waals surface area contributed by atoms with E-state index in [1.807, 2.05) is 24.3 Å². The maximum atomic E-state index is 12.9. The predicted molar refractivity (Wildman–Crippen MR) is 109 cm³/mol. The number of alkyl halides is 3. The van der Waals surface area contributed by atoms with Crippen LogP contribution in [0.25, 0.3) is 0 Å². The zero-order valence-corrected chi connectivity index (χ0v) is 16.7. The minimum Gasteiger partial charge on any atom is -0.478 e. The van der Waals surface area contributed by atoms with Crippen molar-refractivity contribution in [2.24, 2.45) is 0 Å². The Morgan fingerprint density at radius 2 is 1.60 bits per heavy atom. The molecule has 2 aromatic carbocycles. The summed E-state index contributed by atoms with van der Waals surface area (Å²) in [5.41, 5.74) is 0.685. The summed E-state index contributed by atoms with van der Waals surface area (Å²) in [5, 5.41) is 0. The molecule has 0 N–H and O–H groups in total. The Hall–Kier alpha value is -2.74. The molecule has 2 heterocycles. The Labute approximate surface area is 173 Å². The fourth-order valence-electron chi connectivity index (χ4n) is 3.87. The molecule has 0 radical (unpaired) electrons. The standard InChI is InChI=1S/C22H24F3N3O2/c1-26-12-14-27(15-13-26)18-4-2-3-5-19(18)30-20-10-11-28(21(20)29)17-8-6-16(7-9-17)22(23,24)25/h2-9,20H,10-15H2,1H3. The van der Waals surface area contributed by atoms with Crippen molar-refractivity contribution in [2.45, 2.75) is 18.7 Å². The number of anilines is 2. The number of piperazine rings is 1. The quantitative estimate of drug-likeness (QED) is 0.758. The molecule has 160 valence electrons. The number of amides is 1. The second kappa shape index (κ2) is 8.18. The molecule has 0 bridgehead atoms. The van der Waals surface area contributed by atoms with E-state index in [0.717, 1.165) is 44.0 Å². The van der Waals surface area contributed by atoms with Crippen LogP contribution >= 0.6 is 0 Å². The lowest BCUT2D eigenvalue weighted by Gasteiger charge is -2.35. The van der Waals surface area contributed by atoms with Crippen LogP contribution in [0.15, 0.2) is 48.5 Å². The third-order valence-corrected chi connectivity index (χ3v) is 5.64. The topological polar surface area (TPSA) is 36.0 Å². The van der Waals surface area contributed by atoms with Crippen molar-refractivity contribution in [3.8, 4) is 5.75 Å². The molecule has 2 fully saturated rings. The Bertz CT molecular complexity index is 893. The highest BCUT2D eigenvalue weighted by atomic mass is 19.4. The first kappa shape index (κ1) is 20.5. The number of nitrogens with zero attached hydrogens (tertiary/aromatic N) is 3. The van der Waals surface area contributed by atoms with E-state index < -0.39 is 17.8 Å². The van der Waals surface area contributed by atoms with E-state index in [1.54, 1.807) is 0 Å². The van der Waals surface area contributed by atoms with Gasteiger partial charge in [-0.15, -0.1) is 0 Å². The van der Waals surface area contributed by atoms with Gasteiger partial charge in [0.25, 0.3) is 5.91 Å². The molecule has 1 amide bonds. The van der Waals surface area contributed by atoms with Crippen LogP contribution < -0.4 is 14.5 Å². The lowest BCUT2D eigenvalue weighted by Crippen LogP contribution is -2.44. The molecule has 1 unspecified atom stereocenters. The monoisotopic (exact) mass is 419 g/mol. The first-order valence-corrected chi connectivity index (χ1v) is 10.0. The van der Waals surface area contributed by atoms with Crippen molar-refractivity contribution in [3.63, 3.8) is 0 Å². The summed E-state index contributed by atoms with van der Waals surface area (Å²) < 4.78 is 44.5. The van der Waals surface area contributed by atoms with Crippen molar-refractivity contribution in [3.05, 3.63) is 54.1 Å². The van der Waals surface area contributed by atoms with Gasteiger partial charge in [0, 0.05) is 44.8 Å².